The molecule has 0 atom stereocenters. The lowest BCUT2D eigenvalue weighted by atomic mass is 10.1. The quantitative estimate of drug-likeness (QED) is 0.843. The van der Waals surface area contributed by atoms with E-state index in [1.54, 1.807) is 26.0 Å². The Hall–Kier alpha value is -1.56. The second kappa shape index (κ2) is 5.18. The van der Waals surface area contributed by atoms with Crippen LogP contribution in [0.3, 0.4) is 0 Å². The smallest absolute Gasteiger partial charge is 0.337 e. The van der Waals surface area contributed by atoms with E-state index in [4.69, 9.17) is 5.11 Å². The fourth-order valence-electron chi connectivity index (χ4n) is 1.46. The monoisotopic (exact) mass is 257 g/mol. The minimum atomic E-state index is -3.48. The molecule has 17 heavy (non-hydrogen) atoms. The Morgan fingerprint density at radius 3 is 2.59 bits per heavy atom. The molecule has 1 aromatic carbocycles. The molecule has 0 saturated carbocycles. The van der Waals surface area contributed by atoms with Crippen molar-refractivity contribution in [3.63, 3.8) is 0 Å². The van der Waals surface area contributed by atoms with Crippen LogP contribution in [-0.2, 0) is 10.0 Å². The highest BCUT2D eigenvalue weighted by atomic mass is 32.2. The van der Waals surface area contributed by atoms with Crippen molar-refractivity contribution in [2.24, 2.45) is 0 Å². The Bertz CT molecular complexity index is 522. The van der Waals surface area contributed by atoms with Gasteiger partial charge in [-0.15, -0.1) is 0 Å². The number of rotatable bonds is 5. The first-order valence-corrected chi connectivity index (χ1v) is 6.86. The van der Waals surface area contributed by atoms with Gasteiger partial charge in [-0.3, -0.25) is 4.72 Å². The molecular weight excluding hydrogens is 242 g/mol. The van der Waals surface area contributed by atoms with Crippen LogP contribution in [0.4, 0.5) is 5.69 Å². The van der Waals surface area contributed by atoms with E-state index in [0.29, 0.717) is 12.0 Å². The number of carboxylic acids is 1. The average Bonchev–Trinajstić information content (AvgIpc) is 2.20. The summed E-state index contributed by atoms with van der Waals surface area (Å²) in [6, 6.07) is 4.62. The van der Waals surface area contributed by atoms with Crippen LogP contribution < -0.4 is 4.72 Å². The molecule has 6 heteroatoms. The maximum Gasteiger partial charge on any atom is 0.337 e. The molecule has 0 unspecified atom stereocenters. The highest BCUT2D eigenvalue weighted by molar-refractivity contribution is 7.92. The Balaban J connectivity index is 3.18. The van der Waals surface area contributed by atoms with E-state index in [2.05, 4.69) is 4.72 Å². The molecule has 0 aliphatic carbocycles. The van der Waals surface area contributed by atoms with Crippen molar-refractivity contribution in [3.8, 4) is 0 Å². The van der Waals surface area contributed by atoms with E-state index in [-0.39, 0.29) is 17.0 Å². The number of anilines is 1. The van der Waals surface area contributed by atoms with Crippen molar-refractivity contribution in [1.29, 1.82) is 0 Å². The number of sulfonamides is 1. The summed E-state index contributed by atoms with van der Waals surface area (Å²) in [5.41, 5.74) is 0.697. The van der Waals surface area contributed by atoms with Crippen LogP contribution in [0.1, 0.15) is 29.3 Å². The Morgan fingerprint density at radius 1 is 1.41 bits per heavy atom. The molecular formula is C11H15NO4S. The van der Waals surface area contributed by atoms with Crippen LogP contribution in [0.25, 0.3) is 0 Å². The topological polar surface area (TPSA) is 83.5 Å². The first kappa shape index (κ1) is 13.5. The molecule has 0 bridgehead atoms. The van der Waals surface area contributed by atoms with Gasteiger partial charge in [0.1, 0.15) is 0 Å². The lowest BCUT2D eigenvalue weighted by molar-refractivity contribution is 0.0698. The first-order chi connectivity index (χ1) is 7.87. The normalized spacial score (nSPS) is 11.2. The van der Waals surface area contributed by atoms with Gasteiger partial charge in [-0.1, -0.05) is 19.1 Å². The van der Waals surface area contributed by atoms with Crippen LogP contribution in [0, 0.1) is 6.92 Å². The third-order valence-electron chi connectivity index (χ3n) is 2.23. The molecule has 0 saturated heterocycles. The number of aryl methyl sites for hydroxylation is 1. The second-order valence-corrected chi connectivity index (χ2v) is 5.57. The zero-order valence-corrected chi connectivity index (χ0v) is 10.5. The Kier molecular flexibility index (Phi) is 4.11. The summed E-state index contributed by atoms with van der Waals surface area (Å²) in [6.45, 7) is 3.41. The summed E-state index contributed by atoms with van der Waals surface area (Å²) in [4.78, 5) is 11.0. The van der Waals surface area contributed by atoms with Crippen LogP contribution in [0.5, 0.6) is 0 Å². The molecule has 0 fully saturated rings. The number of carboxylic acid groups (broad SMARTS) is 1. The van der Waals surface area contributed by atoms with Gasteiger partial charge in [0.05, 0.1) is 17.0 Å². The molecule has 2 N–H and O–H groups in total. The van der Waals surface area contributed by atoms with Crippen molar-refractivity contribution < 1.29 is 18.3 Å². The molecule has 0 spiro atoms. The minimum absolute atomic E-state index is 0.0274. The number of carbonyl (C=O) groups is 1. The van der Waals surface area contributed by atoms with Gasteiger partial charge in [-0.2, -0.15) is 0 Å². The van der Waals surface area contributed by atoms with Crippen molar-refractivity contribution in [3.05, 3.63) is 29.3 Å². The molecule has 5 nitrogen and oxygen atoms in total. The van der Waals surface area contributed by atoms with E-state index >= 15 is 0 Å². The van der Waals surface area contributed by atoms with Gasteiger partial charge in [0.25, 0.3) is 0 Å². The van der Waals surface area contributed by atoms with Crippen LogP contribution >= 0.6 is 0 Å². The van der Waals surface area contributed by atoms with Crippen LogP contribution in [0.2, 0.25) is 0 Å². The summed E-state index contributed by atoms with van der Waals surface area (Å²) >= 11 is 0. The third-order valence-corrected chi connectivity index (χ3v) is 3.69. The van der Waals surface area contributed by atoms with Crippen molar-refractivity contribution in [2.75, 3.05) is 10.5 Å². The van der Waals surface area contributed by atoms with Gasteiger partial charge in [-0.05, 0) is 25.0 Å². The van der Waals surface area contributed by atoms with E-state index in [0.717, 1.165) is 0 Å². The fourth-order valence-corrected chi connectivity index (χ4v) is 2.68. The molecule has 1 aromatic rings. The zero-order chi connectivity index (χ0) is 13.1. The van der Waals surface area contributed by atoms with Crippen LogP contribution in [-0.4, -0.2) is 25.2 Å². The molecule has 0 aromatic heterocycles. The standard InChI is InChI=1S/C11H15NO4S/c1-3-7-17(15,16)12-10-8(2)5-4-6-9(10)11(13)14/h4-6,12H,3,7H2,1-2H3,(H,13,14). The number of hydrogen-bond acceptors (Lipinski definition) is 3. The number of para-hydroxylation sites is 1. The lowest BCUT2D eigenvalue weighted by Crippen LogP contribution is -2.19. The SMILES string of the molecule is CCCS(=O)(=O)Nc1c(C)cccc1C(=O)O. The van der Waals surface area contributed by atoms with Gasteiger partial charge in [0.15, 0.2) is 0 Å². The van der Waals surface area contributed by atoms with Gasteiger partial charge >= 0.3 is 5.97 Å². The lowest BCUT2D eigenvalue weighted by Gasteiger charge is -2.12. The molecule has 0 amide bonds. The van der Waals surface area contributed by atoms with Gasteiger partial charge in [0.2, 0.25) is 10.0 Å². The molecule has 0 heterocycles. The summed E-state index contributed by atoms with van der Waals surface area (Å²) in [7, 11) is -3.48. The summed E-state index contributed by atoms with van der Waals surface area (Å²) in [5.74, 6) is -1.18. The maximum absolute atomic E-state index is 11.6. The molecule has 0 radical (unpaired) electrons. The minimum Gasteiger partial charge on any atom is -0.478 e. The largest absolute Gasteiger partial charge is 0.478 e. The zero-order valence-electron chi connectivity index (χ0n) is 9.73. The van der Waals surface area contributed by atoms with Crippen molar-refractivity contribution in [2.45, 2.75) is 20.3 Å². The Morgan fingerprint density at radius 2 is 2.06 bits per heavy atom. The third kappa shape index (κ3) is 3.45. The average molecular weight is 257 g/mol. The second-order valence-electron chi connectivity index (χ2n) is 3.72. The van der Waals surface area contributed by atoms with Gasteiger partial charge in [0, 0.05) is 0 Å². The number of nitrogens with one attached hydrogen (secondary N) is 1. The highest BCUT2D eigenvalue weighted by Gasteiger charge is 2.17. The van der Waals surface area contributed by atoms with Gasteiger partial charge in [-0.25, -0.2) is 13.2 Å². The van der Waals surface area contributed by atoms with E-state index in [1.165, 1.54) is 6.07 Å². The molecule has 94 valence electrons. The number of hydrogen-bond donors (Lipinski definition) is 2. The maximum atomic E-state index is 11.6. The summed E-state index contributed by atoms with van der Waals surface area (Å²) < 4.78 is 25.6. The predicted octanol–water partition coefficient (Wildman–Crippen LogP) is 1.84. The van der Waals surface area contributed by atoms with Gasteiger partial charge < -0.3 is 5.11 Å². The first-order valence-electron chi connectivity index (χ1n) is 5.20. The van der Waals surface area contributed by atoms with Crippen LogP contribution in [0.15, 0.2) is 18.2 Å². The van der Waals surface area contributed by atoms with Crippen molar-refractivity contribution in [1.82, 2.24) is 0 Å². The van der Waals surface area contributed by atoms with E-state index in [9.17, 15) is 13.2 Å². The molecule has 0 aliphatic rings. The van der Waals surface area contributed by atoms with Crippen molar-refractivity contribution >= 4 is 21.7 Å². The predicted molar refractivity (Wildman–Crippen MR) is 65.8 cm³/mol. The summed E-state index contributed by atoms with van der Waals surface area (Å²) in [5, 5.41) is 8.98. The van der Waals surface area contributed by atoms with E-state index < -0.39 is 16.0 Å². The molecule has 1 rings (SSSR count). The van der Waals surface area contributed by atoms with E-state index in [1.807, 2.05) is 0 Å². The highest BCUT2D eigenvalue weighted by Crippen LogP contribution is 2.22. The number of benzene rings is 1. The molecule has 0 aliphatic heterocycles. The fraction of sp³-hybridized carbons (Fsp3) is 0.364. The summed E-state index contributed by atoms with van der Waals surface area (Å²) in [6.07, 6.45) is 0.476. The number of aromatic carboxylic acids is 1. The Labute approximate surface area is 101 Å².